The summed E-state index contributed by atoms with van der Waals surface area (Å²) in [5, 5.41) is 8.93. The van der Waals surface area contributed by atoms with Gasteiger partial charge in [0, 0.05) is 32.9 Å². The van der Waals surface area contributed by atoms with E-state index in [1.54, 1.807) is 17.7 Å². The van der Waals surface area contributed by atoms with Crippen LogP contribution in [0.3, 0.4) is 0 Å². The van der Waals surface area contributed by atoms with Gasteiger partial charge in [0.15, 0.2) is 0 Å². The Morgan fingerprint density at radius 3 is 2.75 bits per heavy atom. The van der Waals surface area contributed by atoms with E-state index in [1.807, 2.05) is 6.20 Å². The lowest BCUT2D eigenvalue weighted by Crippen LogP contribution is -2.35. The summed E-state index contributed by atoms with van der Waals surface area (Å²) in [5.74, 6) is -0.879. The first kappa shape index (κ1) is 11.2. The van der Waals surface area contributed by atoms with Crippen LogP contribution in [0.5, 0.6) is 0 Å². The molecule has 0 saturated carbocycles. The maximum absolute atomic E-state index is 10.9. The highest BCUT2D eigenvalue weighted by Crippen LogP contribution is 2.11. The summed E-state index contributed by atoms with van der Waals surface area (Å²) in [6, 6.07) is 1.73. The standard InChI is InChI=1S/C11H16N2O3/c1-12-7-9(6-10(12)11(14)15)8-13-2-4-16-5-3-13/h6-7H,2-5,8H2,1H3,(H,14,15). The number of nitrogens with zero attached hydrogens (tertiary/aromatic N) is 2. The highest BCUT2D eigenvalue weighted by atomic mass is 16.5. The summed E-state index contributed by atoms with van der Waals surface area (Å²) in [7, 11) is 1.76. The van der Waals surface area contributed by atoms with E-state index in [4.69, 9.17) is 9.84 Å². The number of carboxylic acids is 1. The molecule has 5 nitrogen and oxygen atoms in total. The fourth-order valence-electron chi connectivity index (χ4n) is 1.95. The van der Waals surface area contributed by atoms with Crippen LogP contribution in [0, 0.1) is 0 Å². The zero-order valence-corrected chi connectivity index (χ0v) is 9.35. The molecule has 1 aromatic rings. The van der Waals surface area contributed by atoms with Crippen molar-refractivity contribution in [1.82, 2.24) is 9.47 Å². The van der Waals surface area contributed by atoms with E-state index in [0.717, 1.165) is 38.4 Å². The van der Waals surface area contributed by atoms with Crippen molar-refractivity contribution in [3.63, 3.8) is 0 Å². The molecule has 2 rings (SSSR count). The predicted molar refractivity (Wildman–Crippen MR) is 58.5 cm³/mol. The minimum atomic E-state index is -0.879. The minimum Gasteiger partial charge on any atom is -0.477 e. The van der Waals surface area contributed by atoms with Crippen molar-refractivity contribution >= 4 is 5.97 Å². The van der Waals surface area contributed by atoms with E-state index in [0.29, 0.717) is 5.69 Å². The topological polar surface area (TPSA) is 54.7 Å². The van der Waals surface area contributed by atoms with E-state index in [1.165, 1.54) is 0 Å². The van der Waals surface area contributed by atoms with Gasteiger partial charge in [0.1, 0.15) is 5.69 Å². The van der Waals surface area contributed by atoms with Crippen LogP contribution in [-0.2, 0) is 18.3 Å². The second kappa shape index (κ2) is 4.67. The average molecular weight is 224 g/mol. The van der Waals surface area contributed by atoms with Gasteiger partial charge in [0.2, 0.25) is 0 Å². The lowest BCUT2D eigenvalue weighted by atomic mass is 10.2. The predicted octanol–water partition coefficient (Wildman–Crippen LogP) is 0.556. The first-order valence-electron chi connectivity index (χ1n) is 5.35. The number of hydrogen-bond acceptors (Lipinski definition) is 3. The van der Waals surface area contributed by atoms with Gasteiger partial charge in [-0.3, -0.25) is 4.90 Å². The van der Waals surface area contributed by atoms with E-state index < -0.39 is 5.97 Å². The van der Waals surface area contributed by atoms with E-state index in [9.17, 15) is 4.79 Å². The van der Waals surface area contributed by atoms with Gasteiger partial charge in [-0.05, 0) is 11.6 Å². The van der Waals surface area contributed by atoms with Crippen molar-refractivity contribution in [2.45, 2.75) is 6.54 Å². The molecule has 1 fully saturated rings. The molecule has 88 valence electrons. The van der Waals surface area contributed by atoms with Crippen LogP contribution in [0.4, 0.5) is 0 Å². The van der Waals surface area contributed by atoms with Gasteiger partial charge in [-0.1, -0.05) is 0 Å². The van der Waals surface area contributed by atoms with Gasteiger partial charge in [0.05, 0.1) is 13.2 Å². The van der Waals surface area contributed by atoms with Crippen LogP contribution in [-0.4, -0.2) is 46.8 Å². The summed E-state index contributed by atoms with van der Waals surface area (Å²) in [4.78, 5) is 13.1. The zero-order valence-electron chi connectivity index (χ0n) is 9.35. The van der Waals surface area contributed by atoms with Crippen molar-refractivity contribution < 1.29 is 14.6 Å². The van der Waals surface area contributed by atoms with Crippen molar-refractivity contribution in [2.75, 3.05) is 26.3 Å². The Balaban J connectivity index is 2.03. The third kappa shape index (κ3) is 2.43. The molecule has 2 heterocycles. The monoisotopic (exact) mass is 224 g/mol. The van der Waals surface area contributed by atoms with Crippen LogP contribution in [0.15, 0.2) is 12.3 Å². The second-order valence-electron chi connectivity index (χ2n) is 4.04. The van der Waals surface area contributed by atoms with Gasteiger partial charge in [-0.2, -0.15) is 0 Å². The number of aromatic nitrogens is 1. The molecule has 1 aliphatic rings. The smallest absolute Gasteiger partial charge is 0.352 e. The third-order valence-electron chi connectivity index (χ3n) is 2.79. The van der Waals surface area contributed by atoms with Gasteiger partial charge in [-0.25, -0.2) is 4.79 Å². The Morgan fingerprint density at radius 1 is 1.50 bits per heavy atom. The molecule has 1 aliphatic heterocycles. The Morgan fingerprint density at radius 2 is 2.19 bits per heavy atom. The Labute approximate surface area is 94.2 Å². The third-order valence-corrected chi connectivity index (χ3v) is 2.79. The Kier molecular flexibility index (Phi) is 3.26. The maximum Gasteiger partial charge on any atom is 0.352 e. The summed E-state index contributed by atoms with van der Waals surface area (Å²) < 4.78 is 6.91. The van der Waals surface area contributed by atoms with Gasteiger partial charge < -0.3 is 14.4 Å². The van der Waals surface area contributed by atoms with Crippen molar-refractivity contribution in [3.05, 3.63) is 23.5 Å². The summed E-state index contributed by atoms with van der Waals surface area (Å²) in [6.45, 7) is 4.15. The molecule has 0 radical (unpaired) electrons. The number of carbonyl (C=O) groups is 1. The van der Waals surface area contributed by atoms with Gasteiger partial charge in [0.25, 0.3) is 0 Å². The van der Waals surface area contributed by atoms with Crippen LogP contribution in [0.25, 0.3) is 0 Å². The number of hydrogen-bond donors (Lipinski definition) is 1. The normalized spacial score (nSPS) is 17.6. The largest absolute Gasteiger partial charge is 0.477 e. The number of morpholine rings is 1. The van der Waals surface area contributed by atoms with Crippen LogP contribution in [0.2, 0.25) is 0 Å². The van der Waals surface area contributed by atoms with Crippen LogP contribution < -0.4 is 0 Å². The molecule has 1 aromatic heterocycles. The summed E-state index contributed by atoms with van der Waals surface area (Å²) >= 11 is 0. The quantitative estimate of drug-likeness (QED) is 0.815. The Bertz CT molecular complexity index is 381. The van der Waals surface area contributed by atoms with Gasteiger partial charge >= 0.3 is 5.97 Å². The number of aryl methyl sites for hydroxylation is 1. The molecule has 5 heteroatoms. The molecule has 0 aliphatic carbocycles. The molecule has 0 amide bonds. The summed E-state index contributed by atoms with van der Waals surface area (Å²) in [6.07, 6.45) is 1.87. The molecule has 0 unspecified atom stereocenters. The first-order chi connectivity index (χ1) is 7.66. The average Bonchev–Trinajstić information content (AvgIpc) is 2.61. The molecule has 0 aromatic carbocycles. The molecule has 16 heavy (non-hydrogen) atoms. The fourth-order valence-corrected chi connectivity index (χ4v) is 1.95. The van der Waals surface area contributed by atoms with Crippen molar-refractivity contribution in [3.8, 4) is 0 Å². The number of carboxylic acid groups (broad SMARTS) is 1. The highest BCUT2D eigenvalue weighted by molar-refractivity contribution is 5.86. The molecule has 0 atom stereocenters. The lowest BCUT2D eigenvalue weighted by Gasteiger charge is -2.25. The lowest BCUT2D eigenvalue weighted by molar-refractivity contribution is 0.0342. The van der Waals surface area contributed by atoms with Crippen LogP contribution in [0.1, 0.15) is 16.1 Å². The second-order valence-corrected chi connectivity index (χ2v) is 4.04. The van der Waals surface area contributed by atoms with Gasteiger partial charge in [-0.15, -0.1) is 0 Å². The summed E-state index contributed by atoms with van der Waals surface area (Å²) in [5.41, 5.74) is 1.38. The molecular formula is C11H16N2O3. The highest BCUT2D eigenvalue weighted by Gasteiger charge is 2.14. The molecule has 1 N–H and O–H groups in total. The fraction of sp³-hybridized carbons (Fsp3) is 0.545. The van der Waals surface area contributed by atoms with E-state index in [2.05, 4.69) is 4.90 Å². The van der Waals surface area contributed by atoms with Crippen LogP contribution >= 0.6 is 0 Å². The molecule has 0 spiro atoms. The molecule has 0 bridgehead atoms. The van der Waals surface area contributed by atoms with Crippen molar-refractivity contribution in [2.24, 2.45) is 7.05 Å². The number of ether oxygens (including phenoxy) is 1. The number of aromatic carboxylic acids is 1. The molecule has 1 saturated heterocycles. The molecular weight excluding hydrogens is 208 g/mol. The van der Waals surface area contributed by atoms with E-state index in [-0.39, 0.29) is 0 Å². The SMILES string of the molecule is Cn1cc(CN2CCOCC2)cc1C(=O)O. The minimum absolute atomic E-state index is 0.336. The number of rotatable bonds is 3. The Hall–Kier alpha value is -1.33. The van der Waals surface area contributed by atoms with Crippen molar-refractivity contribution in [1.29, 1.82) is 0 Å². The zero-order chi connectivity index (χ0) is 11.5. The maximum atomic E-state index is 10.9. The first-order valence-corrected chi connectivity index (χ1v) is 5.35. The van der Waals surface area contributed by atoms with E-state index >= 15 is 0 Å².